The van der Waals surface area contributed by atoms with Gasteiger partial charge in [-0.2, -0.15) is 4.31 Å². The van der Waals surface area contributed by atoms with Gasteiger partial charge in [-0.15, -0.1) is 0 Å². The lowest BCUT2D eigenvalue weighted by Gasteiger charge is -2.41. The van der Waals surface area contributed by atoms with Crippen molar-refractivity contribution in [1.82, 2.24) is 19.7 Å². The molecule has 0 bridgehead atoms. The molecule has 0 aliphatic carbocycles. The summed E-state index contributed by atoms with van der Waals surface area (Å²) in [6, 6.07) is -0.735. The summed E-state index contributed by atoms with van der Waals surface area (Å²) in [5, 5.41) is 5.18. The zero-order valence-corrected chi connectivity index (χ0v) is 12.9. The molecule has 5 N–H and O–H groups in total. The summed E-state index contributed by atoms with van der Waals surface area (Å²) in [6.45, 7) is 7.12. The highest BCUT2D eigenvalue weighted by Gasteiger charge is 2.35. The van der Waals surface area contributed by atoms with Gasteiger partial charge < -0.3 is 15.4 Å². The molecule has 1 aliphatic heterocycles. The zero-order chi connectivity index (χ0) is 15.4. The van der Waals surface area contributed by atoms with Crippen molar-refractivity contribution >= 4 is 23.3 Å². The average Bonchev–Trinajstić information content (AvgIpc) is 2.64. The minimum atomic E-state index is -2.94. The largest absolute Gasteiger partial charge is 0.334 e. The Morgan fingerprint density at radius 2 is 2.15 bits per heavy atom. The predicted molar refractivity (Wildman–Crippen MR) is 78.3 cm³/mol. The monoisotopic (exact) mass is 308 g/mol. The van der Waals surface area contributed by atoms with Gasteiger partial charge in [0.05, 0.1) is 6.54 Å². The van der Waals surface area contributed by atoms with E-state index in [2.05, 4.69) is 15.4 Å². The molecular weight excluding hydrogens is 284 g/mol. The molecule has 0 aromatic rings. The Bertz CT molecular complexity index is 359. The van der Waals surface area contributed by atoms with Gasteiger partial charge in [-0.25, -0.2) is 9.52 Å². The van der Waals surface area contributed by atoms with Crippen LogP contribution in [0.2, 0.25) is 0 Å². The minimum absolute atomic E-state index is 0.0524. The quantitative estimate of drug-likeness (QED) is 0.469. The first-order valence-corrected chi connectivity index (χ1v) is 7.93. The summed E-state index contributed by atoms with van der Waals surface area (Å²) in [7, 11) is -2.94. The SMILES string of the molecule is CC(C)(C)C(CN1CCNS1(O)O)NC(=O)NCC=O. The van der Waals surface area contributed by atoms with Gasteiger partial charge in [-0.05, 0) is 5.41 Å². The van der Waals surface area contributed by atoms with Gasteiger partial charge in [-0.3, -0.25) is 9.11 Å². The summed E-state index contributed by atoms with van der Waals surface area (Å²) >= 11 is 0. The van der Waals surface area contributed by atoms with E-state index in [1.165, 1.54) is 4.31 Å². The number of nitrogens with zero attached hydrogens (tertiary/aromatic N) is 1. The van der Waals surface area contributed by atoms with E-state index in [-0.39, 0.29) is 18.0 Å². The van der Waals surface area contributed by atoms with E-state index in [0.717, 1.165) is 0 Å². The van der Waals surface area contributed by atoms with Crippen LogP contribution in [0.5, 0.6) is 0 Å². The molecule has 118 valence electrons. The Morgan fingerprint density at radius 1 is 1.50 bits per heavy atom. The van der Waals surface area contributed by atoms with Crippen molar-refractivity contribution in [1.29, 1.82) is 0 Å². The Labute approximate surface area is 120 Å². The third-order valence-corrected chi connectivity index (χ3v) is 4.74. The van der Waals surface area contributed by atoms with Crippen LogP contribution in [0.1, 0.15) is 20.8 Å². The molecule has 1 unspecified atom stereocenters. The van der Waals surface area contributed by atoms with Gasteiger partial charge in [0.15, 0.2) is 0 Å². The number of hydrogen-bond donors (Lipinski definition) is 5. The smallest absolute Gasteiger partial charge is 0.315 e. The van der Waals surface area contributed by atoms with Crippen LogP contribution in [0.3, 0.4) is 0 Å². The van der Waals surface area contributed by atoms with Gasteiger partial charge in [0.1, 0.15) is 6.29 Å². The molecule has 1 heterocycles. The number of carbonyl (C=O) groups is 2. The fraction of sp³-hybridized carbons (Fsp3) is 0.818. The van der Waals surface area contributed by atoms with Crippen molar-refractivity contribution in [3.63, 3.8) is 0 Å². The molecule has 1 rings (SSSR count). The Morgan fingerprint density at radius 3 is 2.60 bits per heavy atom. The standard InChI is InChI=1S/C11H24N4O4S/c1-11(2,3)9(14-10(17)12-5-7-16)8-15-6-4-13-20(15,18)19/h7,9,13,18-19H,4-6,8H2,1-3H3,(H2,12,14,17). The van der Waals surface area contributed by atoms with E-state index >= 15 is 0 Å². The number of nitrogens with one attached hydrogen (secondary N) is 3. The number of aldehydes is 1. The molecular formula is C11H24N4O4S. The van der Waals surface area contributed by atoms with Crippen LogP contribution in [0.25, 0.3) is 0 Å². The van der Waals surface area contributed by atoms with Crippen LogP contribution in [0.4, 0.5) is 4.79 Å². The third-order valence-electron chi connectivity index (χ3n) is 3.10. The van der Waals surface area contributed by atoms with Gasteiger partial charge in [0.25, 0.3) is 0 Å². The molecule has 0 spiro atoms. The van der Waals surface area contributed by atoms with E-state index in [1.54, 1.807) is 0 Å². The molecule has 1 saturated heterocycles. The second-order valence-electron chi connectivity index (χ2n) is 5.74. The van der Waals surface area contributed by atoms with Crippen LogP contribution in [-0.2, 0) is 4.79 Å². The maximum atomic E-state index is 11.7. The molecule has 8 nitrogen and oxygen atoms in total. The zero-order valence-electron chi connectivity index (χ0n) is 12.0. The molecule has 1 atom stereocenters. The first-order valence-electron chi connectivity index (χ1n) is 6.43. The molecule has 20 heavy (non-hydrogen) atoms. The third kappa shape index (κ3) is 4.91. The molecule has 0 aromatic heterocycles. The van der Waals surface area contributed by atoms with Gasteiger partial charge >= 0.3 is 6.03 Å². The van der Waals surface area contributed by atoms with Gasteiger partial charge in [0.2, 0.25) is 0 Å². The number of hydrogen-bond acceptors (Lipinski definition) is 6. The van der Waals surface area contributed by atoms with Crippen LogP contribution < -0.4 is 15.4 Å². The first-order chi connectivity index (χ1) is 9.16. The van der Waals surface area contributed by atoms with Crippen molar-refractivity contribution in [3.8, 4) is 0 Å². The lowest BCUT2D eigenvalue weighted by molar-refractivity contribution is -0.107. The minimum Gasteiger partial charge on any atom is -0.334 e. The van der Waals surface area contributed by atoms with E-state index < -0.39 is 17.0 Å². The normalized spacial score (nSPS) is 22.1. The van der Waals surface area contributed by atoms with E-state index in [1.807, 2.05) is 20.8 Å². The van der Waals surface area contributed by atoms with Crippen molar-refractivity contribution in [2.24, 2.45) is 5.41 Å². The summed E-state index contributed by atoms with van der Waals surface area (Å²) < 4.78 is 23.8. The van der Waals surface area contributed by atoms with Crippen molar-refractivity contribution in [3.05, 3.63) is 0 Å². The predicted octanol–water partition coefficient (Wildman–Crippen LogP) is 0.385. The molecule has 0 radical (unpaired) electrons. The highest BCUT2D eigenvalue weighted by Crippen LogP contribution is 2.42. The molecule has 0 saturated carbocycles. The number of amides is 2. The second kappa shape index (κ2) is 6.72. The first kappa shape index (κ1) is 17.2. The second-order valence-corrected chi connectivity index (χ2v) is 7.58. The van der Waals surface area contributed by atoms with Crippen molar-refractivity contribution < 1.29 is 18.7 Å². The summed E-state index contributed by atoms with van der Waals surface area (Å²) in [4.78, 5) is 21.9. The van der Waals surface area contributed by atoms with E-state index in [0.29, 0.717) is 25.9 Å². The molecule has 0 aromatic carbocycles. The van der Waals surface area contributed by atoms with Gasteiger partial charge in [0, 0.05) is 25.7 Å². The maximum absolute atomic E-state index is 11.7. The number of urea groups is 1. The molecule has 1 aliphatic rings. The Kier molecular flexibility index (Phi) is 5.78. The van der Waals surface area contributed by atoms with E-state index in [9.17, 15) is 18.7 Å². The average molecular weight is 308 g/mol. The molecule has 2 amide bonds. The maximum Gasteiger partial charge on any atom is 0.315 e. The van der Waals surface area contributed by atoms with Crippen LogP contribution >= 0.6 is 11.0 Å². The number of carbonyl (C=O) groups excluding carboxylic acids is 2. The topological polar surface area (TPSA) is 114 Å². The highest BCUT2D eigenvalue weighted by atomic mass is 32.3. The summed E-state index contributed by atoms with van der Waals surface area (Å²) in [5.74, 6) is 0. The van der Waals surface area contributed by atoms with Crippen LogP contribution in [-0.4, -0.2) is 57.9 Å². The Hall–Kier alpha value is -0.870. The molecule has 1 fully saturated rings. The van der Waals surface area contributed by atoms with E-state index in [4.69, 9.17) is 0 Å². The lowest BCUT2D eigenvalue weighted by Crippen LogP contribution is -2.53. The summed E-state index contributed by atoms with van der Waals surface area (Å²) in [5.41, 5.74) is -0.267. The lowest BCUT2D eigenvalue weighted by atomic mass is 9.86. The van der Waals surface area contributed by atoms with Crippen LogP contribution in [0, 0.1) is 5.41 Å². The summed E-state index contributed by atoms with van der Waals surface area (Å²) in [6.07, 6.45) is 0.604. The van der Waals surface area contributed by atoms with Crippen LogP contribution in [0.15, 0.2) is 0 Å². The fourth-order valence-electron chi connectivity index (χ4n) is 1.80. The fourth-order valence-corrected chi connectivity index (χ4v) is 3.05. The van der Waals surface area contributed by atoms with Crippen molar-refractivity contribution in [2.75, 3.05) is 26.2 Å². The Balaban J connectivity index is 2.66. The number of rotatable bonds is 5. The highest BCUT2D eigenvalue weighted by molar-refractivity contribution is 8.20. The van der Waals surface area contributed by atoms with Crippen molar-refractivity contribution in [2.45, 2.75) is 26.8 Å². The van der Waals surface area contributed by atoms with Gasteiger partial charge in [-0.1, -0.05) is 31.7 Å². The molecule has 9 heteroatoms.